The van der Waals surface area contributed by atoms with E-state index in [0.29, 0.717) is 22.9 Å². The van der Waals surface area contributed by atoms with Crippen LogP contribution in [-0.2, 0) is 0 Å². The molecule has 2 aromatic carbocycles. The Bertz CT molecular complexity index is 1090. The number of hydrogen-bond acceptors (Lipinski definition) is 5. The molecule has 6 heteroatoms. The number of hydrogen-bond donors (Lipinski definition) is 1. The first-order chi connectivity index (χ1) is 14.2. The number of methoxy groups -OCH3 is 1. The highest BCUT2D eigenvalue weighted by Crippen LogP contribution is 2.29. The molecule has 1 heterocycles. The molecule has 0 saturated carbocycles. The molecule has 3 rings (SSSR count). The molecule has 0 aliphatic carbocycles. The summed E-state index contributed by atoms with van der Waals surface area (Å²) in [5.41, 5.74) is 2.06. The van der Waals surface area contributed by atoms with Crippen molar-refractivity contribution < 1.29 is 14.6 Å². The molecule has 0 amide bonds. The third-order valence-electron chi connectivity index (χ3n) is 4.36. The summed E-state index contributed by atoms with van der Waals surface area (Å²) < 4.78 is 12.4. The van der Waals surface area contributed by atoms with Gasteiger partial charge in [-0.1, -0.05) is 35.9 Å². The molecule has 0 spiro atoms. The van der Waals surface area contributed by atoms with Crippen molar-refractivity contribution in [2.45, 2.75) is 26.4 Å². The lowest BCUT2D eigenvalue weighted by atomic mass is 10.1. The molecular formula is C24H26N2O4. The second-order valence-electron chi connectivity index (χ2n) is 7.69. The van der Waals surface area contributed by atoms with Crippen LogP contribution < -0.4 is 15.2 Å². The number of benzene rings is 2. The van der Waals surface area contributed by atoms with Gasteiger partial charge in [-0.25, -0.2) is 4.79 Å². The zero-order chi connectivity index (χ0) is 21.7. The van der Waals surface area contributed by atoms with Crippen LogP contribution in [0.2, 0.25) is 0 Å². The first kappa shape index (κ1) is 21.3. The predicted molar refractivity (Wildman–Crippen MR) is 118 cm³/mol. The first-order valence-electron chi connectivity index (χ1n) is 9.63. The second kappa shape index (κ2) is 8.97. The van der Waals surface area contributed by atoms with Crippen LogP contribution in [0, 0.1) is 6.92 Å². The molecule has 3 aromatic rings. The van der Waals surface area contributed by atoms with Gasteiger partial charge in [-0.2, -0.15) is 4.98 Å². The fraction of sp³-hybridized carbons (Fsp3) is 0.250. The molecule has 1 N–H and O–H groups in total. The minimum absolute atomic E-state index is 0.117. The summed E-state index contributed by atoms with van der Waals surface area (Å²) in [7, 11) is 1.52. The average molecular weight is 406 g/mol. The Morgan fingerprint density at radius 2 is 1.80 bits per heavy atom. The summed E-state index contributed by atoms with van der Waals surface area (Å²) in [4.78, 5) is 16.7. The minimum atomic E-state index is -0.966. The Morgan fingerprint density at radius 3 is 2.43 bits per heavy atom. The van der Waals surface area contributed by atoms with Crippen LogP contribution in [0.3, 0.4) is 0 Å². The monoisotopic (exact) mass is 406 g/mol. The lowest BCUT2D eigenvalue weighted by molar-refractivity contribution is 0.0276. The van der Waals surface area contributed by atoms with E-state index in [0.717, 1.165) is 5.56 Å². The Balaban J connectivity index is 1.82. The van der Waals surface area contributed by atoms with E-state index in [-0.39, 0.29) is 6.61 Å². The minimum Gasteiger partial charge on any atom is -0.493 e. The second-order valence-corrected chi connectivity index (χ2v) is 7.69. The van der Waals surface area contributed by atoms with Gasteiger partial charge in [0.05, 0.1) is 24.1 Å². The van der Waals surface area contributed by atoms with Gasteiger partial charge in [0.2, 0.25) is 0 Å². The van der Waals surface area contributed by atoms with Crippen molar-refractivity contribution >= 4 is 12.2 Å². The number of ether oxygens (including phenoxy) is 2. The molecule has 0 saturated heterocycles. The first-order valence-corrected chi connectivity index (χ1v) is 9.63. The number of aryl methyl sites for hydroxylation is 1. The zero-order valence-corrected chi connectivity index (χ0v) is 17.6. The van der Waals surface area contributed by atoms with Gasteiger partial charge in [0.1, 0.15) is 6.61 Å². The zero-order valence-electron chi connectivity index (χ0n) is 17.6. The summed E-state index contributed by atoms with van der Waals surface area (Å²) in [6, 6.07) is 15.0. The fourth-order valence-corrected chi connectivity index (χ4v) is 2.74. The van der Waals surface area contributed by atoms with Crippen molar-refractivity contribution in [1.29, 1.82) is 0 Å². The van der Waals surface area contributed by atoms with Gasteiger partial charge in [0, 0.05) is 12.3 Å². The summed E-state index contributed by atoms with van der Waals surface area (Å²) >= 11 is 0. The molecule has 0 fully saturated rings. The standard InChI is InChI=1S/C24H26N2O4/c1-17-5-7-18(8-6-17)9-10-19-13-14-26(23(27)25-19)20-11-12-21(22(15-20)29-4)30-16-24(2,3)28/h5-15,28H,16H2,1-4H3/b10-9+. The molecular weight excluding hydrogens is 380 g/mol. The van der Waals surface area contributed by atoms with Gasteiger partial charge in [-0.3, -0.25) is 4.57 Å². The van der Waals surface area contributed by atoms with E-state index < -0.39 is 11.3 Å². The van der Waals surface area contributed by atoms with Crippen LogP contribution in [0.4, 0.5) is 0 Å². The maximum atomic E-state index is 12.6. The lowest BCUT2D eigenvalue weighted by Crippen LogP contribution is -2.28. The average Bonchev–Trinajstić information content (AvgIpc) is 2.71. The fourth-order valence-electron chi connectivity index (χ4n) is 2.74. The van der Waals surface area contributed by atoms with Crippen LogP contribution in [0.5, 0.6) is 11.5 Å². The SMILES string of the molecule is COc1cc(-n2ccc(/C=C/c3ccc(C)cc3)nc2=O)ccc1OCC(C)(C)O. The van der Waals surface area contributed by atoms with Crippen molar-refractivity contribution in [2.24, 2.45) is 0 Å². The molecule has 0 aliphatic heterocycles. The molecule has 0 aliphatic rings. The normalized spacial score (nSPS) is 11.6. The van der Waals surface area contributed by atoms with Crippen LogP contribution in [0.15, 0.2) is 59.5 Å². The lowest BCUT2D eigenvalue weighted by Gasteiger charge is -2.19. The molecule has 1 aromatic heterocycles. The largest absolute Gasteiger partial charge is 0.493 e. The third-order valence-corrected chi connectivity index (χ3v) is 4.36. The molecule has 30 heavy (non-hydrogen) atoms. The van der Waals surface area contributed by atoms with Crippen LogP contribution in [0.25, 0.3) is 17.8 Å². The van der Waals surface area contributed by atoms with E-state index in [9.17, 15) is 9.90 Å². The maximum absolute atomic E-state index is 12.6. The van der Waals surface area contributed by atoms with E-state index >= 15 is 0 Å². The van der Waals surface area contributed by atoms with Crippen molar-refractivity contribution in [1.82, 2.24) is 9.55 Å². The summed E-state index contributed by atoms with van der Waals surface area (Å²) in [5, 5.41) is 9.84. The molecule has 6 nitrogen and oxygen atoms in total. The molecule has 0 bridgehead atoms. The summed E-state index contributed by atoms with van der Waals surface area (Å²) in [5.74, 6) is 0.953. The van der Waals surface area contributed by atoms with Crippen molar-refractivity contribution in [2.75, 3.05) is 13.7 Å². The van der Waals surface area contributed by atoms with Gasteiger partial charge >= 0.3 is 5.69 Å². The number of aliphatic hydroxyl groups is 1. The van der Waals surface area contributed by atoms with Gasteiger partial charge in [-0.05, 0) is 50.6 Å². The Kier molecular flexibility index (Phi) is 6.37. The van der Waals surface area contributed by atoms with E-state index in [1.54, 1.807) is 44.3 Å². The number of nitrogens with zero attached hydrogens (tertiary/aromatic N) is 2. The van der Waals surface area contributed by atoms with Gasteiger partial charge < -0.3 is 14.6 Å². The molecule has 0 unspecified atom stereocenters. The highest BCUT2D eigenvalue weighted by molar-refractivity contribution is 5.67. The Hall–Kier alpha value is -3.38. The number of rotatable bonds is 7. The van der Waals surface area contributed by atoms with Crippen LogP contribution >= 0.6 is 0 Å². The van der Waals surface area contributed by atoms with Gasteiger partial charge in [-0.15, -0.1) is 0 Å². The van der Waals surface area contributed by atoms with E-state index in [2.05, 4.69) is 4.98 Å². The molecule has 0 radical (unpaired) electrons. The smallest absolute Gasteiger partial charge is 0.352 e. The van der Waals surface area contributed by atoms with Gasteiger partial charge in [0.15, 0.2) is 11.5 Å². The topological polar surface area (TPSA) is 73.6 Å². The Morgan fingerprint density at radius 1 is 1.07 bits per heavy atom. The molecule has 0 atom stereocenters. The summed E-state index contributed by atoms with van der Waals surface area (Å²) in [6.07, 6.45) is 5.41. The van der Waals surface area contributed by atoms with Crippen molar-refractivity contribution in [3.8, 4) is 17.2 Å². The van der Waals surface area contributed by atoms with Crippen LogP contribution in [-0.4, -0.2) is 34.0 Å². The highest BCUT2D eigenvalue weighted by atomic mass is 16.5. The third kappa shape index (κ3) is 5.58. The van der Waals surface area contributed by atoms with Crippen molar-refractivity contribution in [3.63, 3.8) is 0 Å². The summed E-state index contributed by atoms with van der Waals surface area (Å²) in [6.45, 7) is 5.48. The van der Waals surface area contributed by atoms with Gasteiger partial charge in [0.25, 0.3) is 0 Å². The number of aromatic nitrogens is 2. The van der Waals surface area contributed by atoms with E-state index in [4.69, 9.17) is 9.47 Å². The van der Waals surface area contributed by atoms with Crippen LogP contribution in [0.1, 0.15) is 30.7 Å². The van der Waals surface area contributed by atoms with E-state index in [1.807, 2.05) is 43.3 Å². The maximum Gasteiger partial charge on any atom is 0.352 e. The van der Waals surface area contributed by atoms with Crippen molar-refractivity contribution in [3.05, 3.63) is 82.0 Å². The van der Waals surface area contributed by atoms with E-state index in [1.165, 1.54) is 17.2 Å². The Labute approximate surface area is 176 Å². The predicted octanol–water partition coefficient (Wildman–Crippen LogP) is 3.87. The highest BCUT2D eigenvalue weighted by Gasteiger charge is 2.16. The molecule has 156 valence electrons. The quantitative estimate of drug-likeness (QED) is 0.645.